The molecule has 2 rings (SSSR count). The highest BCUT2D eigenvalue weighted by Gasteiger charge is 2.07. The predicted molar refractivity (Wildman–Crippen MR) is 84.8 cm³/mol. The van der Waals surface area contributed by atoms with Crippen molar-refractivity contribution in [1.82, 2.24) is 5.32 Å². The average molecular weight is 290 g/mol. The van der Waals surface area contributed by atoms with Gasteiger partial charge in [0, 0.05) is 6.54 Å². The average Bonchev–Trinajstić information content (AvgIpc) is 2.43. The Morgan fingerprint density at radius 2 is 1.85 bits per heavy atom. The molecule has 20 heavy (non-hydrogen) atoms. The quantitative estimate of drug-likeness (QED) is 0.849. The number of halogens is 1. The molecule has 0 saturated carbocycles. The summed E-state index contributed by atoms with van der Waals surface area (Å²) in [5.74, 6) is 1.55. The van der Waals surface area contributed by atoms with Gasteiger partial charge in [0.25, 0.3) is 0 Å². The molecular formula is C17H20ClNO. The molecule has 0 aliphatic carbocycles. The first-order valence-corrected chi connectivity index (χ1v) is 7.22. The van der Waals surface area contributed by atoms with Crippen LogP contribution in [0.15, 0.2) is 36.4 Å². The van der Waals surface area contributed by atoms with E-state index in [1.165, 1.54) is 5.56 Å². The van der Waals surface area contributed by atoms with Gasteiger partial charge in [0.2, 0.25) is 0 Å². The Kier molecular flexibility index (Phi) is 5.05. The molecule has 0 aromatic heterocycles. The Hall–Kier alpha value is -1.51. The number of hydrogen-bond donors (Lipinski definition) is 1. The monoisotopic (exact) mass is 289 g/mol. The fourth-order valence-corrected chi connectivity index (χ4v) is 2.18. The van der Waals surface area contributed by atoms with Crippen molar-refractivity contribution in [2.45, 2.75) is 27.3 Å². The van der Waals surface area contributed by atoms with Crippen molar-refractivity contribution >= 4 is 11.6 Å². The summed E-state index contributed by atoms with van der Waals surface area (Å²) >= 11 is 6.30. The van der Waals surface area contributed by atoms with Gasteiger partial charge in [0.1, 0.15) is 11.5 Å². The standard InChI is InChI=1S/C17H20ClNO/c1-4-19-11-14-7-8-16(15(18)10-14)20-17-9-12(2)5-6-13(17)3/h5-10,19H,4,11H2,1-3H3. The summed E-state index contributed by atoms with van der Waals surface area (Å²) in [6, 6.07) is 12.1. The smallest absolute Gasteiger partial charge is 0.146 e. The highest BCUT2D eigenvalue weighted by Crippen LogP contribution is 2.32. The van der Waals surface area contributed by atoms with Gasteiger partial charge in [-0.05, 0) is 55.3 Å². The molecule has 0 unspecified atom stereocenters. The van der Waals surface area contributed by atoms with E-state index in [1.54, 1.807) is 0 Å². The lowest BCUT2D eigenvalue weighted by atomic mass is 10.1. The fourth-order valence-electron chi connectivity index (χ4n) is 1.94. The normalized spacial score (nSPS) is 10.6. The maximum absolute atomic E-state index is 6.30. The first-order chi connectivity index (χ1) is 9.60. The lowest BCUT2D eigenvalue weighted by Crippen LogP contribution is -2.11. The van der Waals surface area contributed by atoms with Crippen LogP contribution in [0.3, 0.4) is 0 Å². The van der Waals surface area contributed by atoms with Crippen LogP contribution in [0.4, 0.5) is 0 Å². The lowest BCUT2D eigenvalue weighted by molar-refractivity contribution is 0.478. The van der Waals surface area contributed by atoms with Crippen molar-refractivity contribution in [3.8, 4) is 11.5 Å². The van der Waals surface area contributed by atoms with Crippen molar-refractivity contribution in [2.75, 3.05) is 6.54 Å². The highest BCUT2D eigenvalue weighted by atomic mass is 35.5. The molecule has 2 aromatic rings. The van der Waals surface area contributed by atoms with Gasteiger partial charge in [-0.1, -0.05) is 36.7 Å². The molecule has 2 aromatic carbocycles. The second-order valence-electron chi connectivity index (χ2n) is 4.92. The molecule has 0 spiro atoms. The first kappa shape index (κ1) is 14.9. The summed E-state index contributed by atoms with van der Waals surface area (Å²) in [6.07, 6.45) is 0. The maximum atomic E-state index is 6.30. The maximum Gasteiger partial charge on any atom is 0.146 e. The molecule has 0 amide bonds. The van der Waals surface area contributed by atoms with Gasteiger partial charge in [-0.25, -0.2) is 0 Å². The molecule has 0 bridgehead atoms. The van der Waals surface area contributed by atoms with Crippen molar-refractivity contribution in [1.29, 1.82) is 0 Å². The van der Waals surface area contributed by atoms with E-state index in [1.807, 2.05) is 38.1 Å². The minimum Gasteiger partial charge on any atom is -0.456 e. The van der Waals surface area contributed by atoms with E-state index in [4.69, 9.17) is 16.3 Å². The van der Waals surface area contributed by atoms with Crippen LogP contribution in [0.2, 0.25) is 5.02 Å². The zero-order valence-electron chi connectivity index (χ0n) is 12.2. The van der Waals surface area contributed by atoms with Crippen molar-refractivity contribution in [3.63, 3.8) is 0 Å². The van der Waals surface area contributed by atoms with Crippen LogP contribution in [-0.4, -0.2) is 6.54 Å². The molecule has 106 valence electrons. The lowest BCUT2D eigenvalue weighted by Gasteiger charge is -2.12. The van der Waals surface area contributed by atoms with Gasteiger partial charge < -0.3 is 10.1 Å². The van der Waals surface area contributed by atoms with E-state index in [2.05, 4.69) is 24.4 Å². The van der Waals surface area contributed by atoms with E-state index in [0.29, 0.717) is 10.8 Å². The van der Waals surface area contributed by atoms with Crippen LogP contribution < -0.4 is 10.1 Å². The highest BCUT2D eigenvalue weighted by molar-refractivity contribution is 6.32. The summed E-state index contributed by atoms with van der Waals surface area (Å²) in [4.78, 5) is 0. The molecule has 0 fully saturated rings. The number of rotatable bonds is 5. The summed E-state index contributed by atoms with van der Waals surface area (Å²) in [7, 11) is 0. The van der Waals surface area contributed by atoms with E-state index >= 15 is 0 Å². The Morgan fingerprint density at radius 3 is 2.55 bits per heavy atom. The largest absolute Gasteiger partial charge is 0.456 e. The van der Waals surface area contributed by atoms with Gasteiger partial charge in [0.15, 0.2) is 0 Å². The summed E-state index contributed by atoms with van der Waals surface area (Å²) in [5, 5.41) is 3.92. The molecule has 0 saturated heterocycles. The second-order valence-corrected chi connectivity index (χ2v) is 5.32. The molecule has 2 nitrogen and oxygen atoms in total. The number of ether oxygens (including phenoxy) is 1. The Bertz CT molecular complexity index is 596. The SMILES string of the molecule is CCNCc1ccc(Oc2cc(C)ccc2C)c(Cl)c1. The zero-order valence-corrected chi connectivity index (χ0v) is 12.9. The predicted octanol–water partition coefficient (Wildman–Crippen LogP) is 4.86. The van der Waals surface area contributed by atoms with Gasteiger partial charge in [-0.3, -0.25) is 0 Å². The van der Waals surface area contributed by atoms with Gasteiger partial charge in [-0.15, -0.1) is 0 Å². The summed E-state index contributed by atoms with van der Waals surface area (Å²) < 4.78 is 5.93. The molecule has 3 heteroatoms. The Labute approximate surface area is 125 Å². The van der Waals surface area contributed by atoms with E-state index in [-0.39, 0.29) is 0 Å². The summed E-state index contributed by atoms with van der Waals surface area (Å²) in [6.45, 7) is 7.92. The molecule has 0 aliphatic rings. The first-order valence-electron chi connectivity index (χ1n) is 6.84. The van der Waals surface area contributed by atoms with Gasteiger partial charge in [-0.2, -0.15) is 0 Å². The minimum atomic E-state index is 0.640. The number of aryl methyl sites for hydroxylation is 2. The minimum absolute atomic E-state index is 0.640. The molecular weight excluding hydrogens is 270 g/mol. The zero-order chi connectivity index (χ0) is 14.5. The van der Waals surface area contributed by atoms with Crippen LogP contribution in [0, 0.1) is 13.8 Å². The number of hydrogen-bond acceptors (Lipinski definition) is 2. The molecule has 0 radical (unpaired) electrons. The molecule has 1 N–H and O–H groups in total. The third kappa shape index (κ3) is 3.75. The fraction of sp³-hybridized carbons (Fsp3) is 0.294. The third-order valence-corrected chi connectivity index (χ3v) is 3.43. The summed E-state index contributed by atoms with van der Waals surface area (Å²) in [5.41, 5.74) is 3.43. The van der Waals surface area contributed by atoms with Crippen molar-refractivity contribution in [3.05, 3.63) is 58.1 Å². The van der Waals surface area contributed by atoms with Crippen LogP contribution >= 0.6 is 11.6 Å². The molecule has 0 heterocycles. The molecule has 0 aliphatic heterocycles. The van der Waals surface area contributed by atoms with Crippen LogP contribution in [-0.2, 0) is 6.54 Å². The Balaban J connectivity index is 2.19. The topological polar surface area (TPSA) is 21.3 Å². The number of benzene rings is 2. The molecule has 0 atom stereocenters. The van der Waals surface area contributed by atoms with E-state index in [9.17, 15) is 0 Å². The van der Waals surface area contributed by atoms with E-state index in [0.717, 1.165) is 30.0 Å². The van der Waals surface area contributed by atoms with Crippen molar-refractivity contribution < 1.29 is 4.74 Å². The van der Waals surface area contributed by atoms with E-state index < -0.39 is 0 Å². The van der Waals surface area contributed by atoms with Crippen LogP contribution in [0.5, 0.6) is 11.5 Å². The second kappa shape index (κ2) is 6.78. The third-order valence-electron chi connectivity index (χ3n) is 3.14. The Morgan fingerprint density at radius 1 is 1.05 bits per heavy atom. The number of nitrogens with one attached hydrogen (secondary N) is 1. The van der Waals surface area contributed by atoms with Gasteiger partial charge >= 0.3 is 0 Å². The van der Waals surface area contributed by atoms with Crippen LogP contribution in [0.25, 0.3) is 0 Å². The van der Waals surface area contributed by atoms with Gasteiger partial charge in [0.05, 0.1) is 5.02 Å². The van der Waals surface area contributed by atoms with Crippen molar-refractivity contribution in [2.24, 2.45) is 0 Å². The van der Waals surface area contributed by atoms with Crippen LogP contribution in [0.1, 0.15) is 23.6 Å².